The third kappa shape index (κ3) is 4.32. The van der Waals surface area contributed by atoms with E-state index in [2.05, 4.69) is 43.0 Å². The van der Waals surface area contributed by atoms with E-state index in [4.69, 9.17) is 5.73 Å². The molecule has 2 N–H and O–H groups in total. The second-order valence-corrected chi connectivity index (χ2v) is 6.12. The zero-order valence-electron chi connectivity index (χ0n) is 12.4. The highest BCUT2D eigenvalue weighted by atomic mass is 15.1. The van der Waals surface area contributed by atoms with Gasteiger partial charge < -0.3 is 5.73 Å². The Labute approximate surface area is 118 Å². The van der Waals surface area contributed by atoms with Crippen molar-refractivity contribution in [3.8, 4) is 0 Å². The molecule has 1 aliphatic rings. The van der Waals surface area contributed by atoms with Gasteiger partial charge >= 0.3 is 0 Å². The van der Waals surface area contributed by atoms with Crippen LogP contribution in [0.4, 0.5) is 0 Å². The molecule has 1 aliphatic heterocycles. The summed E-state index contributed by atoms with van der Waals surface area (Å²) in [4.78, 5) is 2.55. The lowest BCUT2D eigenvalue weighted by Gasteiger charge is -2.36. The molecule has 2 nitrogen and oxygen atoms in total. The Kier molecular flexibility index (Phi) is 5.41. The number of aryl methyl sites for hydroxylation is 1. The lowest BCUT2D eigenvalue weighted by molar-refractivity contribution is 0.142. The average Bonchev–Trinajstić information content (AvgIpc) is 2.38. The quantitative estimate of drug-likeness (QED) is 0.880. The third-order valence-electron chi connectivity index (χ3n) is 4.27. The summed E-state index contributed by atoms with van der Waals surface area (Å²) < 4.78 is 0. The number of hydrogen-bond donors (Lipinski definition) is 1. The first-order valence-electron chi connectivity index (χ1n) is 7.71. The zero-order valence-corrected chi connectivity index (χ0v) is 12.4. The van der Waals surface area contributed by atoms with E-state index >= 15 is 0 Å². The molecular weight excluding hydrogens is 232 g/mol. The number of rotatable bonds is 5. The van der Waals surface area contributed by atoms with E-state index in [1.807, 2.05) is 0 Å². The number of likely N-dealkylation sites (tertiary alicyclic amines) is 1. The largest absolute Gasteiger partial charge is 0.327 e. The second kappa shape index (κ2) is 7.06. The summed E-state index contributed by atoms with van der Waals surface area (Å²) in [5, 5.41) is 0. The molecule has 0 aromatic heterocycles. The van der Waals surface area contributed by atoms with Crippen LogP contribution >= 0.6 is 0 Å². The van der Waals surface area contributed by atoms with Gasteiger partial charge in [0.15, 0.2) is 0 Å². The molecule has 0 amide bonds. The van der Waals surface area contributed by atoms with Gasteiger partial charge in [-0.05, 0) is 36.8 Å². The Morgan fingerprint density at radius 2 is 2.05 bits per heavy atom. The van der Waals surface area contributed by atoms with Crippen LogP contribution in [0.25, 0.3) is 0 Å². The maximum atomic E-state index is 6.24. The maximum absolute atomic E-state index is 6.24. The first-order chi connectivity index (χ1) is 9.19. The highest BCUT2D eigenvalue weighted by Gasteiger charge is 2.24. The van der Waals surface area contributed by atoms with Crippen molar-refractivity contribution >= 4 is 0 Å². The molecule has 19 heavy (non-hydrogen) atoms. The molecular formula is C17H28N2. The van der Waals surface area contributed by atoms with Crippen molar-refractivity contribution in [2.45, 2.75) is 52.1 Å². The van der Waals surface area contributed by atoms with Gasteiger partial charge in [-0.2, -0.15) is 0 Å². The van der Waals surface area contributed by atoms with Crippen LogP contribution in [0, 0.1) is 12.8 Å². The molecule has 1 fully saturated rings. The molecule has 1 saturated heterocycles. The molecule has 0 aliphatic carbocycles. The van der Waals surface area contributed by atoms with E-state index in [1.54, 1.807) is 0 Å². The van der Waals surface area contributed by atoms with Gasteiger partial charge in [0.2, 0.25) is 0 Å². The van der Waals surface area contributed by atoms with E-state index in [9.17, 15) is 0 Å². The van der Waals surface area contributed by atoms with Gasteiger partial charge in [0, 0.05) is 25.7 Å². The van der Waals surface area contributed by atoms with Gasteiger partial charge in [-0.1, -0.05) is 44.0 Å². The molecule has 2 heteroatoms. The van der Waals surface area contributed by atoms with Crippen molar-refractivity contribution in [1.82, 2.24) is 4.90 Å². The second-order valence-electron chi connectivity index (χ2n) is 6.12. The van der Waals surface area contributed by atoms with Crippen LogP contribution in [0.1, 0.15) is 43.7 Å². The predicted molar refractivity (Wildman–Crippen MR) is 82.1 cm³/mol. The molecule has 1 heterocycles. The zero-order chi connectivity index (χ0) is 13.7. The van der Waals surface area contributed by atoms with Crippen molar-refractivity contribution in [3.05, 3.63) is 35.4 Å². The van der Waals surface area contributed by atoms with E-state index in [-0.39, 0.29) is 0 Å². The van der Waals surface area contributed by atoms with Crippen LogP contribution < -0.4 is 5.73 Å². The highest BCUT2D eigenvalue weighted by molar-refractivity contribution is 5.25. The lowest BCUT2D eigenvalue weighted by Crippen LogP contribution is -2.46. The molecule has 106 valence electrons. The standard InChI is InChI=1S/C17H28N2/c1-3-4-8-15-10-17(18)13-19(11-15)12-16-9-6-5-7-14(16)2/h5-7,9,15,17H,3-4,8,10-13,18H2,1-2H3. The fourth-order valence-corrected chi connectivity index (χ4v) is 3.21. The summed E-state index contributed by atoms with van der Waals surface area (Å²) in [7, 11) is 0. The molecule has 1 aromatic rings. The monoisotopic (exact) mass is 260 g/mol. The first kappa shape index (κ1) is 14.5. The van der Waals surface area contributed by atoms with Crippen molar-refractivity contribution < 1.29 is 0 Å². The summed E-state index contributed by atoms with van der Waals surface area (Å²) in [6.45, 7) is 7.81. The minimum atomic E-state index is 0.361. The minimum absolute atomic E-state index is 0.361. The van der Waals surface area contributed by atoms with Crippen molar-refractivity contribution in [3.63, 3.8) is 0 Å². The predicted octanol–water partition coefficient (Wildman–Crippen LogP) is 3.33. The summed E-state index contributed by atoms with van der Waals surface area (Å²) in [5.41, 5.74) is 9.08. The van der Waals surface area contributed by atoms with Gasteiger partial charge in [-0.15, -0.1) is 0 Å². The van der Waals surface area contributed by atoms with Crippen LogP contribution in [-0.4, -0.2) is 24.0 Å². The van der Waals surface area contributed by atoms with E-state index in [1.165, 1.54) is 43.4 Å². The number of nitrogens with two attached hydrogens (primary N) is 1. The normalized spacial score (nSPS) is 24.6. The lowest BCUT2D eigenvalue weighted by atomic mass is 9.90. The summed E-state index contributed by atoms with van der Waals surface area (Å²) in [6, 6.07) is 9.07. The molecule has 0 radical (unpaired) electrons. The average molecular weight is 260 g/mol. The van der Waals surface area contributed by atoms with Crippen LogP contribution in [0.2, 0.25) is 0 Å². The molecule has 0 saturated carbocycles. The first-order valence-corrected chi connectivity index (χ1v) is 7.71. The molecule has 0 spiro atoms. The van der Waals surface area contributed by atoms with Gasteiger partial charge in [-0.3, -0.25) is 4.90 Å². The summed E-state index contributed by atoms with van der Waals surface area (Å²) in [6.07, 6.45) is 5.19. The number of benzene rings is 1. The topological polar surface area (TPSA) is 29.3 Å². The number of unbranched alkanes of at least 4 members (excludes halogenated alkanes) is 1. The maximum Gasteiger partial charge on any atom is 0.0237 e. The highest BCUT2D eigenvalue weighted by Crippen LogP contribution is 2.23. The minimum Gasteiger partial charge on any atom is -0.327 e. The van der Waals surface area contributed by atoms with E-state index in [0.717, 1.165) is 19.0 Å². The Morgan fingerprint density at radius 1 is 1.26 bits per heavy atom. The number of hydrogen-bond acceptors (Lipinski definition) is 2. The number of piperidine rings is 1. The SMILES string of the molecule is CCCCC1CC(N)CN(Cc2ccccc2C)C1. The smallest absolute Gasteiger partial charge is 0.0237 e. The number of nitrogens with zero attached hydrogens (tertiary/aromatic N) is 1. The molecule has 1 aromatic carbocycles. The molecule has 0 bridgehead atoms. The van der Waals surface area contributed by atoms with Crippen LogP contribution in [0.5, 0.6) is 0 Å². The van der Waals surface area contributed by atoms with Gasteiger partial charge in [0.05, 0.1) is 0 Å². The Bertz CT molecular complexity index is 389. The van der Waals surface area contributed by atoms with Gasteiger partial charge in [0.25, 0.3) is 0 Å². The third-order valence-corrected chi connectivity index (χ3v) is 4.27. The molecule has 2 atom stereocenters. The Balaban J connectivity index is 1.94. The Hall–Kier alpha value is -0.860. The fourth-order valence-electron chi connectivity index (χ4n) is 3.21. The van der Waals surface area contributed by atoms with Crippen molar-refractivity contribution in [1.29, 1.82) is 0 Å². The van der Waals surface area contributed by atoms with Crippen LogP contribution in [0.3, 0.4) is 0 Å². The van der Waals surface area contributed by atoms with Crippen LogP contribution in [-0.2, 0) is 6.54 Å². The van der Waals surface area contributed by atoms with Crippen molar-refractivity contribution in [2.24, 2.45) is 11.7 Å². The van der Waals surface area contributed by atoms with E-state index < -0.39 is 0 Å². The summed E-state index contributed by atoms with van der Waals surface area (Å²) >= 11 is 0. The fraction of sp³-hybridized carbons (Fsp3) is 0.647. The molecule has 2 rings (SSSR count). The molecule has 2 unspecified atom stereocenters. The van der Waals surface area contributed by atoms with Gasteiger partial charge in [-0.25, -0.2) is 0 Å². The Morgan fingerprint density at radius 3 is 2.79 bits per heavy atom. The van der Waals surface area contributed by atoms with Gasteiger partial charge in [0.1, 0.15) is 0 Å². The van der Waals surface area contributed by atoms with Crippen LogP contribution in [0.15, 0.2) is 24.3 Å². The summed E-state index contributed by atoms with van der Waals surface area (Å²) in [5.74, 6) is 0.799. The van der Waals surface area contributed by atoms with E-state index in [0.29, 0.717) is 6.04 Å². The van der Waals surface area contributed by atoms with Crippen molar-refractivity contribution in [2.75, 3.05) is 13.1 Å².